The molecule has 0 aliphatic carbocycles. The molecular formula is C22H26ClN3O6S. The van der Waals surface area contributed by atoms with E-state index in [0.29, 0.717) is 11.3 Å². The van der Waals surface area contributed by atoms with E-state index in [4.69, 9.17) is 21.1 Å². The number of nitrogens with zero attached hydrogens (tertiary/aromatic N) is 2. The zero-order valence-corrected chi connectivity index (χ0v) is 20.3. The third-order valence-electron chi connectivity index (χ3n) is 3.87. The third-order valence-corrected chi connectivity index (χ3v) is 5.31. The Bertz CT molecular complexity index is 1110. The Labute approximate surface area is 198 Å². The number of hydrogen-bond acceptors (Lipinski definition) is 7. The molecule has 0 heterocycles. The fourth-order valence-electron chi connectivity index (χ4n) is 2.54. The largest absolute Gasteiger partial charge is 0.482 e. The van der Waals surface area contributed by atoms with Crippen molar-refractivity contribution in [2.45, 2.75) is 26.4 Å². The Hall–Kier alpha value is -3.11. The first-order valence-electron chi connectivity index (χ1n) is 9.84. The van der Waals surface area contributed by atoms with Crippen molar-refractivity contribution >= 4 is 45.4 Å². The van der Waals surface area contributed by atoms with Crippen LogP contribution in [0.1, 0.15) is 26.3 Å². The molecule has 0 saturated carbocycles. The van der Waals surface area contributed by atoms with Gasteiger partial charge in [0, 0.05) is 0 Å². The second-order valence-corrected chi connectivity index (χ2v) is 10.3. The number of hydrogen-bond donors (Lipinski definition) is 1. The molecule has 11 heteroatoms. The number of rotatable bonds is 9. The summed E-state index contributed by atoms with van der Waals surface area (Å²) < 4.78 is 35.7. The maximum Gasteiger partial charge on any atom is 0.344 e. The molecule has 0 spiro atoms. The Balaban J connectivity index is 1.91. The van der Waals surface area contributed by atoms with E-state index in [1.165, 1.54) is 18.3 Å². The van der Waals surface area contributed by atoms with E-state index in [1.807, 2.05) is 0 Å². The summed E-state index contributed by atoms with van der Waals surface area (Å²) in [6.07, 6.45) is 2.37. The topological polar surface area (TPSA) is 114 Å². The molecule has 1 amide bonds. The van der Waals surface area contributed by atoms with Gasteiger partial charge >= 0.3 is 5.97 Å². The van der Waals surface area contributed by atoms with Gasteiger partial charge in [-0.1, -0.05) is 23.7 Å². The maximum atomic E-state index is 12.2. The number of amides is 1. The van der Waals surface area contributed by atoms with Crippen LogP contribution in [-0.2, 0) is 24.3 Å². The van der Waals surface area contributed by atoms with Crippen LogP contribution in [0.2, 0.25) is 5.02 Å². The van der Waals surface area contributed by atoms with Crippen molar-refractivity contribution < 1.29 is 27.5 Å². The number of benzene rings is 2. The summed E-state index contributed by atoms with van der Waals surface area (Å²) in [5.74, 6) is -0.657. The van der Waals surface area contributed by atoms with Crippen LogP contribution in [-0.4, -0.2) is 51.5 Å². The van der Waals surface area contributed by atoms with Crippen LogP contribution in [0.4, 0.5) is 5.69 Å². The van der Waals surface area contributed by atoms with Crippen molar-refractivity contribution in [2.75, 3.05) is 23.7 Å². The first-order valence-corrected chi connectivity index (χ1v) is 12.1. The number of hydrazone groups is 1. The first kappa shape index (κ1) is 26.1. The third kappa shape index (κ3) is 9.11. The minimum Gasteiger partial charge on any atom is -0.482 e. The summed E-state index contributed by atoms with van der Waals surface area (Å²) in [7, 11) is -3.75. The monoisotopic (exact) mass is 495 g/mol. The van der Waals surface area contributed by atoms with Crippen LogP contribution in [0.3, 0.4) is 0 Å². The molecule has 33 heavy (non-hydrogen) atoms. The molecule has 2 aromatic carbocycles. The SMILES string of the molecule is CC(C)(C)OC(=O)COc1ccc(C=NNC(=O)CN(c2ccccc2Cl)S(C)(=O)=O)cc1. The summed E-state index contributed by atoms with van der Waals surface area (Å²) in [4.78, 5) is 23.9. The van der Waals surface area contributed by atoms with E-state index in [0.717, 1.165) is 10.6 Å². The number of ether oxygens (including phenoxy) is 2. The van der Waals surface area contributed by atoms with E-state index < -0.39 is 34.0 Å². The van der Waals surface area contributed by atoms with Gasteiger partial charge in [-0.25, -0.2) is 18.6 Å². The lowest BCUT2D eigenvalue weighted by Gasteiger charge is -2.22. The molecule has 0 radical (unpaired) electrons. The number of halogens is 1. The summed E-state index contributed by atoms with van der Waals surface area (Å²) >= 11 is 6.07. The van der Waals surface area contributed by atoms with E-state index in [2.05, 4.69) is 10.5 Å². The van der Waals surface area contributed by atoms with Crippen LogP contribution in [0, 0.1) is 0 Å². The molecule has 0 bridgehead atoms. The van der Waals surface area contributed by atoms with E-state index in [-0.39, 0.29) is 17.3 Å². The smallest absolute Gasteiger partial charge is 0.344 e. The normalized spacial score (nSPS) is 11.8. The summed E-state index contributed by atoms with van der Waals surface area (Å²) in [5.41, 5.74) is 2.54. The van der Waals surface area contributed by atoms with Crippen molar-refractivity contribution in [3.63, 3.8) is 0 Å². The fraction of sp³-hybridized carbons (Fsp3) is 0.318. The zero-order chi connectivity index (χ0) is 24.6. The number of para-hydroxylation sites is 1. The predicted octanol–water partition coefficient (Wildman–Crippen LogP) is 2.98. The summed E-state index contributed by atoms with van der Waals surface area (Å²) in [6, 6.07) is 12.9. The molecular weight excluding hydrogens is 470 g/mol. The quantitative estimate of drug-likeness (QED) is 0.325. The summed E-state index contributed by atoms with van der Waals surface area (Å²) in [6.45, 7) is 4.61. The lowest BCUT2D eigenvalue weighted by molar-refractivity contribution is -0.157. The average Bonchev–Trinajstić information content (AvgIpc) is 2.70. The van der Waals surface area contributed by atoms with Crippen LogP contribution in [0.15, 0.2) is 53.6 Å². The number of anilines is 1. The van der Waals surface area contributed by atoms with E-state index in [9.17, 15) is 18.0 Å². The number of esters is 1. The number of carbonyl (C=O) groups is 2. The first-order chi connectivity index (χ1) is 15.3. The predicted molar refractivity (Wildman–Crippen MR) is 127 cm³/mol. The van der Waals surface area contributed by atoms with Gasteiger partial charge in [-0.3, -0.25) is 9.10 Å². The zero-order valence-electron chi connectivity index (χ0n) is 18.7. The molecule has 0 aliphatic heterocycles. The molecule has 9 nitrogen and oxygen atoms in total. The maximum absolute atomic E-state index is 12.2. The van der Waals surface area contributed by atoms with Crippen LogP contribution < -0.4 is 14.5 Å². The molecule has 2 aromatic rings. The Kier molecular flexibility index (Phi) is 8.84. The van der Waals surface area contributed by atoms with Crippen LogP contribution in [0.5, 0.6) is 5.75 Å². The highest BCUT2D eigenvalue weighted by molar-refractivity contribution is 7.92. The van der Waals surface area contributed by atoms with Crippen LogP contribution in [0.25, 0.3) is 0 Å². The second-order valence-electron chi connectivity index (χ2n) is 7.96. The minimum absolute atomic E-state index is 0.197. The molecule has 0 fully saturated rings. The van der Waals surface area contributed by atoms with Gasteiger partial charge in [0.2, 0.25) is 10.0 Å². The standard InChI is InChI=1S/C22H26ClN3O6S/c1-22(2,3)32-21(28)15-31-17-11-9-16(10-12-17)13-24-25-20(27)14-26(33(4,29)30)19-8-6-5-7-18(19)23/h5-13H,14-15H2,1-4H3,(H,25,27). The molecule has 0 saturated heterocycles. The molecule has 0 unspecified atom stereocenters. The molecule has 2 rings (SSSR count). The highest BCUT2D eigenvalue weighted by Crippen LogP contribution is 2.26. The summed E-state index contributed by atoms with van der Waals surface area (Å²) in [5, 5.41) is 4.05. The Morgan fingerprint density at radius 2 is 1.76 bits per heavy atom. The van der Waals surface area contributed by atoms with E-state index >= 15 is 0 Å². The number of sulfonamides is 1. The van der Waals surface area contributed by atoms with Gasteiger partial charge < -0.3 is 9.47 Å². The van der Waals surface area contributed by atoms with Crippen molar-refractivity contribution in [3.05, 3.63) is 59.1 Å². The molecule has 1 N–H and O–H groups in total. The van der Waals surface area contributed by atoms with Crippen molar-refractivity contribution in [3.8, 4) is 5.75 Å². The van der Waals surface area contributed by atoms with Crippen molar-refractivity contribution in [1.82, 2.24) is 5.43 Å². The lowest BCUT2D eigenvalue weighted by atomic mass is 10.2. The molecule has 0 aliphatic rings. The fourth-order valence-corrected chi connectivity index (χ4v) is 3.70. The van der Waals surface area contributed by atoms with E-state index in [1.54, 1.807) is 57.2 Å². The number of carbonyl (C=O) groups excluding carboxylic acids is 2. The second kappa shape index (κ2) is 11.2. The average molecular weight is 496 g/mol. The van der Waals surface area contributed by atoms with Gasteiger partial charge in [-0.2, -0.15) is 5.10 Å². The van der Waals surface area contributed by atoms with Gasteiger partial charge in [0.05, 0.1) is 23.2 Å². The highest BCUT2D eigenvalue weighted by Gasteiger charge is 2.22. The molecule has 0 aromatic heterocycles. The highest BCUT2D eigenvalue weighted by atomic mass is 35.5. The van der Waals surface area contributed by atoms with Crippen molar-refractivity contribution in [1.29, 1.82) is 0 Å². The lowest BCUT2D eigenvalue weighted by Crippen LogP contribution is -2.39. The van der Waals surface area contributed by atoms with Gasteiger partial charge in [0.25, 0.3) is 5.91 Å². The van der Waals surface area contributed by atoms with Crippen LogP contribution >= 0.6 is 11.6 Å². The number of nitrogens with one attached hydrogen (secondary N) is 1. The minimum atomic E-state index is -3.75. The van der Waals surface area contributed by atoms with Gasteiger partial charge in [0.1, 0.15) is 17.9 Å². The van der Waals surface area contributed by atoms with Gasteiger partial charge in [-0.15, -0.1) is 0 Å². The molecule has 0 atom stereocenters. The van der Waals surface area contributed by atoms with Gasteiger partial charge in [-0.05, 0) is 62.7 Å². The van der Waals surface area contributed by atoms with Gasteiger partial charge in [0.15, 0.2) is 6.61 Å². The Morgan fingerprint density at radius 3 is 2.33 bits per heavy atom. The molecule has 178 valence electrons. The Morgan fingerprint density at radius 1 is 1.12 bits per heavy atom. The van der Waals surface area contributed by atoms with Crippen molar-refractivity contribution in [2.24, 2.45) is 5.10 Å².